The molecule has 39 heavy (non-hydrogen) atoms. The number of hydrazine groups is 1. The molecular weight excluding hydrogens is 498 g/mol. The van der Waals surface area contributed by atoms with E-state index < -0.39 is 35.5 Å². The third kappa shape index (κ3) is 6.62. The van der Waals surface area contributed by atoms with Gasteiger partial charge in [0.1, 0.15) is 12.1 Å². The lowest BCUT2D eigenvalue weighted by Crippen LogP contribution is -2.61. The van der Waals surface area contributed by atoms with Gasteiger partial charge in [0.15, 0.2) is 6.10 Å². The van der Waals surface area contributed by atoms with E-state index in [-0.39, 0.29) is 24.3 Å². The molecule has 10 heteroatoms. The van der Waals surface area contributed by atoms with Crippen LogP contribution < -0.4 is 16.1 Å². The van der Waals surface area contributed by atoms with Crippen molar-refractivity contribution >= 4 is 40.7 Å². The van der Waals surface area contributed by atoms with Crippen LogP contribution in [0.5, 0.6) is 0 Å². The molecule has 0 unspecified atom stereocenters. The molecular formula is C29H37N5O5. The highest BCUT2D eigenvalue weighted by atomic mass is 16.5. The highest BCUT2D eigenvalue weighted by Gasteiger charge is 2.36. The fourth-order valence-electron chi connectivity index (χ4n) is 4.54. The largest absolute Gasteiger partial charge is 0.451 e. The Labute approximate surface area is 228 Å². The minimum absolute atomic E-state index is 0.234. The number of carbonyl (C=O) groups excluding carboxylic acids is 4. The van der Waals surface area contributed by atoms with Crippen molar-refractivity contribution in [2.24, 2.45) is 11.3 Å². The number of fused-ring (bicyclic) bond motifs is 4. The molecule has 4 rings (SSSR count). The molecule has 1 fully saturated rings. The number of hydrogen-bond donors (Lipinski definition) is 3. The molecule has 2 aliphatic heterocycles. The topological polar surface area (TPSA) is 130 Å². The number of cyclic esters (lactones) is 1. The molecule has 1 aromatic heterocycles. The third-order valence-electron chi connectivity index (χ3n) is 7.03. The van der Waals surface area contributed by atoms with Gasteiger partial charge in [-0.05, 0) is 57.2 Å². The highest BCUT2D eigenvalue weighted by Crippen LogP contribution is 2.25. The van der Waals surface area contributed by atoms with E-state index in [4.69, 9.17) is 9.72 Å². The van der Waals surface area contributed by atoms with Crippen LogP contribution >= 0.6 is 0 Å². The van der Waals surface area contributed by atoms with Crippen LogP contribution in [-0.2, 0) is 30.5 Å². The van der Waals surface area contributed by atoms with E-state index in [2.05, 4.69) is 16.1 Å². The molecule has 0 aliphatic carbocycles. The van der Waals surface area contributed by atoms with E-state index in [0.717, 1.165) is 16.5 Å². The van der Waals surface area contributed by atoms with Crippen LogP contribution in [0, 0.1) is 11.3 Å². The summed E-state index contributed by atoms with van der Waals surface area (Å²) in [5.41, 5.74) is 4.29. The Hall–Kier alpha value is -3.79. The molecule has 1 saturated heterocycles. The minimum atomic E-state index is -1.08. The van der Waals surface area contributed by atoms with Crippen LogP contribution in [0.3, 0.4) is 0 Å². The van der Waals surface area contributed by atoms with Gasteiger partial charge in [-0.1, -0.05) is 44.2 Å². The monoisotopic (exact) mass is 535 g/mol. The number of esters is 1. The van der Waals surface area contributed by atoms with Crippen molar-refractivity contribution in [3.63, 3.8) is 0 Å². The van der Waals surface area contributed by atoms with Crippen molar-refractivity contribution in [1.82, 2.24) is 26.1 Å². The molecule has 2 aliphatic rings. The lowest BCUT2D eigenvalue weighted by atomic mass is 9.92. The molecule has 5 bridgehead atoms. The van der Waals surface area contributed by atoms with Crippen molar-refractivity contribution in [3.8, 4) is 0 Å². The summed E-state index contributed by atoms with van der Waals surface area (Å²) < 4.78 is 5.69. The zero-order valence-electron chi connectivity index (χ0n) is 23.1. The number of nitrogens with zero attached hydrogens (tertiary/aromatic N) is 2. The summed E-state index contributed by atoms with van der Waals surface area (Å²) in [5.74, 6) is -2.03. The Kier molecular flexibility index (Phi) is 8.34. The maximum atomic E-state index is 13.2. The van der Waals surface area contributed by atoms with Gasteiger partial charge in [-0.3, -0.25) is 29.2 Å². The predicted molar refractivity (Wildman–Crippen MR) is 147 cm³/mol. The number of benzene rings is 1. The number of carbonyl (C=O) groups is 4. The summed E-state index contributed by atoms with van der Waals surface area (Å²) in [7, 11) is 0. The number of nitrogens with one attached hydrogen (secondary N) is 3. The summed E-state index contributed by atoms with van der Waals surface area (Å²) in [6.07, 6.45) is 3.68. The number of hydrogen-bond acceptors (Lipinski definition) is 7. The molecule has 3 heterocycles. The van der Waals surface area contributed by atoms with Gasteiger partial charge in [-0.2, -0.15) is 0 Å². The first-order chi connectivity index (χ1) is 18.4. The van der Waals surface area contributed by atoms with Crippen molar-refractivity contribution in [3.05, 3.63) is 47.7 Å². The first-order valence-electron chi connectivity index (χ1n) is 13.4. The van der Waals surface area contributed by atoms with E-state index in [9.17, 15) is 19.2 Å². The lowest BCUT2D eigenvalue weighted by Gasteiger charge is -2.35. The van der Waals surface area contributed by atoms with E-state index in [0.29, 0.717) is 25.1 Å². The number of aromatic nitrogens is 1. The smallest absolute Gasteiger partial charge is 0.316 e. The fraction of sp³-hybridized carbons (Fsp3) is 0.483. The van der Waals surface area contributed by atoms with Gasteiger partial charge in [0.05, 0.1) is 23.2 Å². The quantitative estimate of drug-likeness (QED) is 0.479. The first-order valence-corrected chi connectivity index (χ1v) is 13.4. The highest BCUT2D eigenvalue weighted by molar-refractivity contribution is 5.91. The maximum absolute atomic E-state index is 13.2. The molecule has 0 spiro atoms. The Morgan fingerprint density at radius 2 is 1.82 bits per heavy atom. The Morgan fingerprint density at radius 3 is 2.56 bits per heavy atom. The van der Waals surface area contributed by atoms with Gasteiger partial charge in [0.2, 0.25) is 5.91 Å². The predicted octanol–water partition coefficient (Wildman–Crippen LogP) is 2.47. The number of ether oxygens (including phenoxy) is 1. The van der Waals surface area contributed by atoms with Gasteiger partial charge in [-0.15, -0.1) is 0 Å². The van der Waals surface area contributed by atoms with E-state index in [1.54, 1.807) is 40.7 Å². The van der Waals surface area contributed by atoms with Crippen LogP contribution in [0.1, 0.15) is 58.7 Å². The average Bonchev–Trinajstić information content (AvgIpc) is 2.91. The standard InChI is InChI=1S/C29H37N5O5/c1-17(2)24-26(36)31-18(3)27(37)34-14-6-7-22(33-34)25(35)30-16-21-11-10-20-9-8-19(15-23(20)32-21)12-13-29(4,5)28(38)39-24/h8-13,15,17-18,22,24,33H,6-7,14,16H2,1-5H3,(H,30,35)(H,31,36)/b13-12-/t18-,22-,24-/m0/s1. The summed E-state index contributed by atoms with van der Waals surface area (Å²) in [5, 5.41) is 7.93. The van der Waals surface area contributed by atoms with Crippen LogP contribution in [0.4, 0.5) is 0 Å². The summed E-state index contributed by atoms with van der Waals surface area (Å²) >= 11 is 0. The summed E-state index contributed by atoms with van der Waals surface area (Å²) in [6.45, 7) is 9.22. The van der Waals surface area contributed by atoms with Crippen molar-refractivity contribution in [1.29, 1.82) is 0 Å². The third-order valence-corrected chi connectivity index (χ3v) is 7.03. The average molecular weight is 536 g/mol. The zero-order chi connectivity index (χ0) is 28.3. The molecule has 208 valence electrons. The van der Waals surface area contributed by atoms with Crippen LogP contribution in [-0.4, -0.2) is 58.4 Å². The Bertz CT molecular complexity index is 1300. The van der Waals surface area contributed by atoms with Crippen molar-refractivity contribution in [2.45, 2.75) is 72.2 Å². The molecule has 3 N–H and O–H groups in total. The van der Waals surface area contributed by atoms with Crippen LogP contribution in [0.2, 0.25) is 0 Å². The second kappa shape index (κ2) is 11.5. The molecule has 1 aromatic carbocycles. The van der Waals surface area contributed by atoms with E-state index in [1.165, 1.54) is 5.01 Å². The maximum Gasteiger partial charge on any atom is 0.316 e. The Morgan fingerprint density at radius 1 is 1.08 bits per heavy atom. The zero-order valence-corrected chi connectivity index (χ0v) is 23.1. The van der Waals surface area contributed by atoms with Crippen LogP contribution in [0.25, 0.3) is 17.0 Å². The van der Waals surface area contributed by atoms with Gasteiger partial charge < -0.3 is 15.4 Å². The summed E-state index contributed by atoms with van der Waals surface area (Å²) in [6, 6.07) is 8.13. The first kappa shape index (κ1) is 28.2. The number of amides is 3. The van der Waals surface area contributed by atoms with Gasteiger partial charge in [-0.25, -0.2) is 5.43 Å². The molecule has 0 saturated carbocycles. The second-order valence-electron chi connectivity index (χ2n) is 11.1. The van der Waals surface area contributed by atoms with Gasteiger partial charge in [0.25, 0.3) is 11.8 Å². The fourth-order valence-corrected chi connectivity index (χ4v) is 4.54. The van der Waals surface area contributed by atoms with Gasteiger partial charge in [0, 0.05) is 11.9 Å². The Balaban J connectivity index is 1.67. The minimum Gasteiger partial charge on any atom is -0.451 e. The number of pyridine rings is 1. The molecule has 2 aromatic rings. The summed E-state index contributed by atoms with van der Waals surface area (Å²) in [4.78, 5) is 57.0. The SMILES string of the molecule is CC(C)[C@@H]1OC(=O)C(C)(C)/C=C\c2ccc3ccc(nc3c2)CNC(=O)[C@@H]2CCCN(N2)C(=O)[C@H](C)NC1=O. The van der Waals surface area contributed by atoms with Gasteiger partial charge >= 0.3 is 5.97 Å². The molecule has 3 atom stereocenters. The molecule has 3 amide bonds. The lowest BCUT2D eigenvalue weighted by molar-refractivity contribution is -0.165. The molecule has 0 radical (unpaired) electrons. The molecule has 10 nitrogen and oxygen atoms in total. The van der Waals surface area contributed by atoms with E-state index >= 15 is 0 Å². The van der Waals surface area contributed by atoms with Crippen molar-refractivity contribution in [2.75, 3.05) is 6.54 Å². The normalized spacial score (nSPS) is 25.7. The van der Waals surface area contributed by atoms with Crippen molar-refractivity contribution < 1.29 is 23.9 Å². The van der Waals surface area contributed by atoms with E-state index in [1.807, 2.05) is 36.4 Å². The van der Waals surface area contributed by atoms with Crippen LogP contribution in [0.15, 0.2) is 36.4 Å². The number of rotatable bonds is 1. The second-order valence-corrected chi connectivity index (χ2v) is 11.1.